The van der Waals surface area contributed by atoms with E-state index in [0.717, 1.165) is 5.56 Å². The van der Waals surface area contributed by atoms with Gasteiger partial charge < -0.3 is 14.9 Å². The topological polar surface area (TPSA) is 97.5 Å². The quantitative estimate of drug-likeness (QED) is 0.751. The monoisotopic (exact) mass is 291 g/mol. The van der Waals surface area contributed by atoms with Gasteiger partial charge in [0.05, 0.1) is 25.9 Å². The molecule has 2 aromatic rings. The molecule has 1 aromatic carbocycles. The predicted molar refractivity (Wildman–Crippen MR) is 74.5 cm³/mol. The Morgan fingerprint density at radius 1 is 1.38 bits per heavy atom. The Kier molecular flexibility index (Phi) is 5.02. The molecule has 0 radical (unpaired) electrons. The van der Waals surface area contributed by atoms with Crippen LogP contribution in [-0.4, -0.2) is 50.5 Å². The van der Waals surface area contributed by atoms with Crippen molar-refractivity contribution in [2.24, 2.45) is 0 Å². The molecular formula is C14H17N3O4. The maximum absolute atomic E-state index is 12.0. The molecule has 21 heavy (non-hydrogen) atoms. The molecular weight excluding hydrogens is 274 g/mol. The molecule has 7 heteroatoms. The first-order chi connectivity index (χ1) is 10.2. The van der Waals surface area contributed by atoms with Crippen LogP contribution in [0.15, 0.2) is 30.3 Å². The average molecular weight is 291 g/mol. The van der Waals surface area contributed by atoms with Crippen molar-refractivity contribution in [2.45, 2.75) is 19.6 Å². The summed E-state index contributed by atoms with van der Waals surface area (Å²) in [5.41, 5.74) is 1.28. The van der Waals surface area contributed by atoms with Crippen molar-refractivity contribution in [1.82, 2.24) is 15.0 Å². The van der Waals surface area contributed by atoms with Crippen molar-refractivity contribution in [1.29, 1.82) is 0 Å². The highest BCUT2D eigenvalue weighted by Crippen LogP contribution is 2.23. The van der Waals surface area contributed by atoms with Crippen LogP contribution < -0.4 is 0 Å². The van der Waals surface area contributed by atoms with Gasteiger partial charge >= 0.3 is 5.97 Å². The number of hydrogen-bond acceptors (Lipinski definition) is 6. The van der Waals surface area contributed by atoms with Crippen LogP contribution >= 0.6 is 0 Å². The van der Waals surface area contributed by atoms with E-state index in [9.17, 15) is 9.90 Å². The standard InChI is InChI=1S/C14H17N3O4/c1-2-21-14(20)12-13(10-6-4-3-5-7-10)17(16-15-12)8-11(19)9-18/h3-7,11,18-19H,2,8-9H2,1H3. The second-order valence-electron chi connectivity index (χ2n) is 4.39. The van der Waals surface area contributed by atoms with E-state index in [1.165, 1.54) is 4.68 Å². The van der Waals surface area contributed by atoms with Gasteiger partial charge in [0.2, 0.25) is 0 Å². The van der Waals surface area contributed by atoms with Crippen LogP contribution in [0.5, 0.6) is 0 Å². The van der Waals surface area contributed by atoms with Gasteiger partial charge in [-0.3, -0.25) is 0 Å². The van der Waals surface area contributed by atoms with Gasteiger partial charge in [-0.05, 0) is 6.92 Å². The van der Waals surface area contributed by atoms with Crippen molar-refractivity contribution in [3.63, 3.8) is 0 Å². The number of esters is 1. The fourth-order valence-corrected chi connectivity index (χ4v) is 1.92. The summed E-state index contributed by atoms with van der Waals surface area (Å²) in [5.74, 6) is -0.568. The van der Waals surface area contributed by atoms with Crippen molar-refractivity contribution in [3.8, 4) is 11.3 Å². The average Bonchev–Trinajstić information content (AvgIpc) is 2.92. The van der Waals surface area contributed by atoms with Gasteiger partial charge in [0.1, 0.15) is 5.69 Å². The van der Waals surface area contributed by atoms with E-state index in [0.29, 0.717) is 5.69 Å². The van der Waals surface area contributed by atoms with Crippen molar-refractivity contribution in [3.05, 3.63) is 36.0 Å². The van der Waals surface area contributed by atoms with Gasteiger partial charge in [0.25, 0.3) is 0 Å². The second kappa shape index (κ2) is 6.96. The Hall–Kier alpha value is -2.25. The number of nitrogens with zero attached hydrogens (tertiary/aromatic N) is 3. The molecule has 1 aromatic heterocycles. The molecule has 112 valence electrons. The molecule has 0 amide bonds. The van der Waals surface area contributed by atoms with Gasteiger partial charge in [-0.25, -0.2) is 9.48 Å². The zero-order chi connectivity index (χ0) is 15.2. The summed E-state index contributed by atoms with van der Waals surface area (Å²) in [6, 6.07) is 9.12. The van der Waals surface area contributed by atoms with Crippen LogP contribution in [0.4, 0.5) is 0 Å². The van der Waals surface area contributed by atoms with Crippen molar-refractivity contribution in [2.75, 3.05) is 13.2 Å². The summed E-state index contributed by atoms with van der Waals surface area (Å²) >= 11 is 0. The summed E-state index contributed by atoms with van der Waals surface area (Å²) < 4.78 is 6.36. The predicted octanol–water partition coefficient (Wildman–Crippen LogP) is 0.475. The number of carbonyl (C=O) groups is 1. The zero-order valence-corrected chi connectivity index (χ0v) is 11.6. The van der Waals surface area contributed by atoms with E-state index in [-0.39, 0.29) is 18.8 Å². The first-order valence-electron chi connectivity index (χ1n) is 6.62. The molecule has 0 fully saturated rings. The number of hydrogen-bond donors (Lipinski definition) is 2. The zero-order valence-electron chi connectivity index (χ0n) is 11.6. The SMILES string of the molecule is CCOC(=O)c1nnn(CC(O)CO)c1-c1ccccc1. The molecule has 0 aliphatic rings. The van der Waals surface area contributed by atoms with E-state index in [4.69, 9.17) is 9.84 Å². The Labute approximate surface area is 121 Å². The summed E-state index contributed by atoms with van der Waals surface area (Å²) in [4.78, 5) is 12.0. The van der Waals surface area contributed by atoms with Crippen LogP contribution in [0.2, 0.25) is 0 Å². The first-order valence-corrected chi connectivity index (χ1v) is 6.62. The van der Waals surface area contributed by atoms with E-state index in [1.807, 2.05) is 30.3 Å². The third-order valence-electron chi connectivity index (χ3n) is 2.85. The lowest BCUT2D eigenvalue weighted by molar-refractivity contribution is 0.0520. The minimum Gasteiger partial charge on any atom is -0.461 e. The third kappa shape index (κ3) is 3.45. The number of aromatic nitrogens is 3. The first kappa shape index (κ1) is 15.1. The largest absolute Gasteiger partial charge is 0.461 e. The maximum Gasteiger partial charge on any atom is 0.361 e. The Balaban J connectivity index is 2.45. The highest BCUT2D eigenvalue weighted by Gasteiger charge is 2.23. The molecule has 1 heterocycles. The van der Waals surface area contributed by atoms with Crippen LogP contribution in [0.3, 0.4) is 0 Å². The minimum atomic E-state index is -0.982. The summed E-state index contributed by atoms with van der Waals surface area (Å²) in [5, 5.41) is 26.3. The van der Waals surface area contributed by atoms with E-state index in [2.05, 4.69) is 10.3 Å². The molecule has 0 saturated carbocycles. The Bertz CT molecular complexity index is 598. The molecule has 2 N–H and O–H groups in total. The number of benzene rings is 1. The molecule has 2 rings (SSSR count). The fraction of sp³-hybridized carbons (Fsp3) is 0.357. The molecule has 1 atom stereocenters. The summed E-state index contributed by atoms with van der Waals surface area (Å²) in [6.07, 6.45) is -0.982. The highest BCUT2D eigenvalue weighted by molar-refractivity contribution is 5.94. The van der Waals surface area contributed by atoms with E-state index in [1.54, 1.807) is 6.92 Å². The van der Waals surface area contributed by atoms with Crippen LogP contribution in [0.1, 0.15) is 17.4 Å². The Morgan fingerprint density at radius 3 is 2.71 bits per heavy atom. The molecule has 1 unspecified atom stereocenters. The van der Waals surface area contributed by atoms with Crippen molar-refractivity contribution < 1.29 is 19.7 Å². The normalized spacial score (nSPS) is 12.1. The lowest BCUT2D eigenvalue weighted by Gasteiger charge is -2.11. The minimum absolute atomic E-state index is 0.0349. The van der Waals surface area contributed by atoms with Crippen LogP contribution in [-0.2, 0) is 11.3 Å². The van der Waals surface area contributed by atoms with Crippen LogP contribution in [0.25, 0.3) is 11.3 Å². The van der Waals surface area contributed by atoms with Gasteiger partial charge in [-0.15, -0.1) is 5.10 Å². The maximum atomic E-state index is 12.0. The lowest BCUT2D eigenvalue weighted by Crippen LogP contribution is -2.21. The fourth-order valence-electron chi connectivity index (χ4n) is 1.92. The van der Waals surface area contributed by atoms with Crippen LogP contribution in [0, 0.1) is 0 Å². The second-order valence-corrected chi connectivity index (χ2v) is 4.39. The molecule has 0 aliphatic carbocycles. The van der Waals surface area contributed by atoms with Gasteiger partial charge in [0, 0.05) is 5.56 Å². The number of ether oxygens (including phenoxy) is 1. The molecule has 0 bridgehead atoms. The number of aliphatic hydroxyl groups excluding tert-OH is 2. The highest BCUT2D eigenvalue weighted by atomic mass is 16.5. The Morgan fingerprint density at radius 2 is 2.10 bits per heavy atom. The van der Waals surface area contributed by atoms with Gasteiger partial charge in [0.15, 0.2) is 5.69 Å². The van der Waals surface area contributed by atoms with E-state index >= 15 is 0 Å². The summed E-state index contributed by atoms with van der Waals surface area (Å²) in [6.45, 7) is 1.58. The number of rotatable bonds is 6. The van der Waals surface area contributed by atoms with Gasteiger partial charge in [-0.2, -0.15) is 0 Å². The molecule has 7 nitrogen and oxygen atoms in total. The number of carbonyl (C=O) groups excluding carboxylic acids is 1. The third-order valence-corrected chi connectivity index (χ3v) is 2.85. The van der Waals surface area contributed by atoms with Crippen molar-refractivity contribution >= 4 is 5.97 Å². The molecule has 0 saturated heterocycles. The number of aliphatic hydroxyl groups is 2. The van der Waals surface area contributed by atoms with Gasteiger partial charge in [-0.1, -0.05) is 35.5 Å². The lowest BCUT2D eigenvalue weighted by atomic mass is 10.1. The summed E-state index contributed by atoms with van der Waals surface area (Å²) in [7, 11) is 0. The molecule has 0 spiro atoms. The smallest absolute Gasteiger partial charge is 0.361 e. The molecule has 0 aliphatic heterocycles. The van der Waals surface area contributed by atoms with E-state index < -0.39 is 18.7 Å².